The Morgan fingerprint density at radius 3 is 3.00 bits per heavy atom. The van der Waals surface area contributed by atoms with Crippen LogP contribution in [-0.2, 0) is 4.79 Å². The molecular formula is C11H14N6O2. The van der Waals surface area contributed by atoms with Crippen molar-refractivity contribution in [3.05, 3.63) is 24.3 Å². The van der Waals surface area contributed by atoms with Gasteiger partial charge in [0.1, 0.15) is 5.75 Å². The van der Waals surface area contributed by atoms with Crippen LogP contribution in [0.3, 0.4) is 0 Å². The second-order valence-corrected chi connectivity index (χ2v) is 3.77. The first-order valence-electron chi connectivity index (χ1n) is 5.76. The van der Waals surface area contributed by atoms with Gasteiger partial charge in [0, 0.05) is 6.42 Å². The van der Waals surface area contributed by atoms with E-state index in [4.69, 9.17) is 10.5 Å². The van der Waals surface area contributed by atoms with E-state index in [-0.39, 0.29) is 11.9 Å². The number of hydrogen-bond acceptors (Lipinski definition) is 6. The number of benzene rings is 1. The zero-order chi connectivity index (χ0) is 13.5. The van der Waals surface area contributed by atoms with Crippen LogP contribution >= 0.6 is 0 Å². The number of nitrogen functional groups attached to an aromatic ring is 1. The molecule has 0 spiro atoms. The van der Waals surface area contributed by atoms with Gasteiger partial charge in [0.25, 0.3) is 5.95 Å². The number of hydrogen-bond donors (Lipinski definition) is 3. The van der Waals surface area contributed by atoms with E-state index < -0.39 is 0 Å². The molecule has 0 atom stereocenters. The first kappa shape index (κ1) is 12.8. The molecule has 0 radical (unpaired) electrons. The van der Waals surface area contributed by atoms with Crippen molar-refractivity contribution in [3.8, 4) is 5.75 Å². The van der Waals surface area contributed by atoms with E-state index in [1.165, 1.54) is 0 Å². The summed E-state index contributed by atoms with van der Waals surface area (Å²) < 4.78 is 5.47. The van der Waals surface area contributed by atoms with E-state index in [0.29, 0.717) is 30.9 Å². The summed E-state index contributed by atoms with van der Waals surface area (Å²) in [6.07, 6.45) is 0.874. The highest BCUT2D eigenvalue weighted by Crippen LogP contribution is 2.19. The highest BCUT2D eigenvalue weighted by molar-refractivity contribution is 5.88. The number of nitrogens with one attached hydrogen (secondary N) is 2. The molecular weight excluding hydrogens is 248 g/mol. The molecule has 0 aliphatic carbocycles. The first-order chi connectivity index (χ1) is 9.25. The van der Waals surface area contributed by atoms with Crippen molar-refractivity contribution in [1.29, 1.82) is 0 Å². The average Bonchev–Trinajstić information content (AvgIpc) is 2.89. The third-order valence-corrected chi connectivity index (χ3v) is 2.32. The van der Waals surface area contributed by atoms with E-state index in [2.05, 4.69) is 25.9 Å². The molecule has 8 nitrogen and oxygen atoms in total. The van der Waals surface area contributed by atoms with E-state index in [9.17, 15) is 4.79 Å². The van der Waals surface area contributed by atoms with Gasteiger partial charge in [-0.2, -0.15) is 5.21 Å². The maximum absolute atomic E-state index is 11.5. The first-order valence-corrected chi connectivity index (χ1v) is 5.76. The van der Waals surface area contributed by atoms with Gasteiger partial charge in [-0.15, -0.1) is 5.10 Å². The number of ether oxygens (including phenoxy) is 1. The number of H-pyrrole nitrogens is 1. The van der Waals surface area contributed by atoms with Crippen LogP contribution in [0.4, 0.5) is 11.6 Å². The van der Waals surface area contributed by atoms with Gasteiger partial charge in [-0.3, -0.25) is 10.1 Å². The SMILES string of the molecule is Nc1ccccc1OCCCC(=O)Nc1nn[nH]n1. The minimum Gasteiger partial charge on any atom is -0.491 e. The van der Waals surface area contributed by atoms with Crippen LogP contribution in [0.2, 0.25) is 0 Å². The highest BCUT2D eigenvalue weighted by atomic mass is 16.5. The second-order valence-electron chi connectivity index (χ2n) is 3.77. The number of tetrazole rings is 1. The maximum atomic E-state index is 11.5. The molecule has 0 saturated carbocycles. The normalized spacial score (nSPS) is 10.1. The number of carbonyl (C=O) groups is 1. The van der Waals surface area contributed by atoms with Gasteiger partial charge in [0.2, 0.25) is 5.91 Å². The lowest BCUT2D eigenvalue weighted by molar-refractivity contribution is -0.116. The molecule has 1 aromatic carbocycles. The van der Waals surface area contributed by atoms with Crippen LogP contribution in [0.5, 0.6) is 5.75 Å². The van der Waals surface area contributed by atoms with E-state index in [1.807, 2.05) is 12.1 Å². The molecule has 0 aliphatic heterocycles. The number of carbonyl (C=O) groups excluding carboxylic acids is 1. The minimum atomic E-state index is -0.189. The number of aromatic nitrogens is 4. The molecule has 2 rings (SSSR count). The summed E-state index contributed by atoms with van der Waals surface area (Å²) in [7, 11) is 0. The largest absolute Gasteiger partial charge is 0.491 e. The van der Waals surface area contributed by atoms with Crippen molar-refractivity contribution in [2.75, 3.05) is 17.7 Å². The Morgan fingerprint density at radius 2 is 2.26 bits per heavy atom. The molecule has 1 aromatic heterocycles. The molecule has 4 N–H and O–H groups in total. The van der Waals surface area contributed by atoms with Crippen molar-refractivity contribution >= 4 is 17.5 Å². The Bertz CT molecular complexity index is 528. The van der Waals surface area contributed by atoms with Crippen LogP contribution in [0, 0.1) is 0 Å². The van der Waals surface area contributed by atoms with E-state index in [0.717, 1.165) is 0 Å². The summed E-state index contributed by atoms with van der Waals surface area (Å²) in [6.45, 7) is 0.411. The molecule has 8 heteroatoms. The predicted octanol–water partition coefficient (Wildman–Crippen LogP) is 0.580. The summed E-state index contributed by atoms with van der Waals surface area (Å²) in [4.78, 5) is 11.5. The summed E-state index contributed by atoms with van der Waals surface area (Å²) in [5.74, 6) is 0.602. The summed E-state index contributed by atoms with van der Waals surface area (Å²) >= 11 is 0. The van der Waals surface area contributed by atoms with Gasteiger partial charge < -0.3 is 10.5 Å². The van der Waals surface area contributed by atoms with E-state index in [1.54, 1.807) is 12.1 Å². The predicted molar refractivity (Wildman–Crippen MR) is 68.4 cm³/mol. The lowest BCUT2D eigenvalue weighted by Crippen LogP contribution is -2.14. The van der Waals surface area contributed by atoms with E-state index >= 15 is 0 Å². The zero-order valence-electron chi connectivity index (χ0n) is 10.2. The van der Waals surface area contributed by atoms with Crippen LogP contribution in [0.25, 0.3) is 0 Å². The molecule has 2 aromatic rings. The zero-order valence-corrected chi connectivity index (χ0v) is 10.2. The summed E-state index contributed by atoms with van der Waals surface area (Å²) in [6, 6.07) is 7.22. The Balaban J connectivity index is 1.67. The maximum Gasteiger partial charge on any atom is 0.269 e. The van der Waals surface area contributed by atoms with Crippen molar-refractivity contribution in [2.24, 2.45) is 0 Å². The third kappa shape index (κ3) is 3.95. The van der Waals surface area contributed by atoms with Gasteiger partial charge in [0.05, 0.1) is 12.3 Å². The van der Waals surface area contributed by atoms with Gasteiger partial charge in [-0.05, 0) is 23.8 Å². The summed E-state index contributed by atoms with van der Waals surface area (Å²) in [5.41, 5.74) is 6.30. The topological polar surface area (TPSA) is 119 Å². The van der Waals surface area contributed by atoms with Crippen LogP contribution in [0.15, 0.2) is 24.3 Å². The highest BCUT2D eigenvalue weighted by Gasteiger charge is 2.05. The molecule has 0 saturated heterocycles. The van der Waals surface area contributed by atoms with Crippen LogP contribution < -0.4 is 15.8 Å². The van der Waals surface area contributed by atoms with Gasteiger partial charge in [0.15, 0.2) is 0 Å². The number of nitrogens with two attached hydrogens (primary N) is 1. The quantitative estimate of drug-likeness (QED) is 0.517. The van der Waals surface area contributed by atoms with Crippen molar-refractivity contribution in [3.63, 3.8) is 0 Å². The molecule has 0 aliphatic rings. The molecule has 0 fully saturated rings. The Labute approximate surface area is 109 Å². The smallest absolute Gasteiger partial charge is 0.269 e. The fourth-order valence-corrected chi connectivity index (χ4v) is 1.43. The Morgan fingerprint density at radius 1 is 1.42 bits per heavy atom. The minimum absolute atomic E-state index is 0.165. The fourth-order valence-electron chi connectivity index (χ4n) is 1.43. The monoisotopic (exact) mass is 262 g/mol. The average molecular weight is 262 g/mol. The molecule has 1 amide bonds. The number of aromatic amines is 1. The fraction of sp³-hybridized carbons (Fsp3) is 0.273. The van der Waals surface area contributed by atoms with Crippen LogP contribution in [-0.4, -0.2) is 33.1 Å². The Kier molecular flexibility index (Phi) is 4.27. The number of anilines is 2. The van der Waals surface area contributed by atoms with Crippen molar-refractivity contribution in [1.82, 2.24) is 20.6 Å². The molecule has 1 heterocycles. The summed E-state index contributed by atoms with van der Waals surface area (Å²) in [5, 5.41) is 15.3. The van der Waals surface area contributed by atoms with Gasteiger partial charge >= 0.3 is 0 Å². The number of nitrogens with zero attached hydrogens (tertiary/aromatic N) is 3. The second kappa shape index (κ2) is 6.34. The molecule has 0 bridgehead atoms. The third-order valence-electron chi connectivity index (χ3n) is 2.32. The standard InChI is InChI=1S/C11H14N6O2/c12-8-4-1-2-5-9(8)19-7-3-6-10(18)13-11-14-16-17-15-11/h1-2,4-5H,3,6-7,12H2,(H2,13,14,15,16,17,18). The van der Waals surface area contributed by atoms with Crippen molar-refractivity contribution in [2.45, 2.75) is 12.8 Å². The van der Waals surface area contributed by atoms with Gasteiger partial charge in [-0.1, -0.05) is 17.2 Å². The number of rotatable bonds is 6. The van der Waals surface area contributed by atoms with Crippen molar-refractivity contribution < 1.29 is 9.53 Å². The molecule has 100 valence electrons. The number of amides is 1. The number of para-hydroxylation sites is 2. The Hall–Kier alpha value is -2.64. The lowest BCUT2D eigenvalue weighted by atomic mass is 10.3. The van der Waals surface area contributed by atoms with Crippen LogP contribution in [0.1, 0.15) is 12.8 Å². The molecule has 19 heavy (non-hydrogen) atoms. The molecule has 0 unspecified atom stereocenters. The lowest BCUT2D eigenvalue weighted by Gasteiger charge is -2.07. The van der Waals surface area contributed by atoms with Gasteiger partial charge in [-0.25, -0.2) is 0 Å².